The van der Waals surface area contributed by atoms with Crippen LogP contribution >= 0.6 is 0 Å². The van der Waals surface area contributed by atoms with Gasteiger partial charge in [-0.15, -0.1) is 0 Å². The van der Waals surface area contributed by atoms with E-state index < -0.39 is 17.6 Å². The van der Waals surface area contributed by atoms with Gasteiger partial charge in [0.05, 0.1) is 12.1 Å². The van der Waals surface area contributed by atoms with Crippen LogP contribution in [0.5, 0.6) is 0 Å². The van der Waals surface area contributed by atoms with Gasteiger partial charge in [-0.3, -0.25) is 0 Å². The predicted molar refractivity (Wildman–Crippen MR) is 30.9 cm³/mol. The molecule has 2 N–H and O–H groups in total. The first-order chi connectivity index (χ1) is 4.57. The number of aliphatic hydroxyl groups excluding tert-OH is 1. The normalized spacial score (nSPS) is 40.5. The number of aliphatic hydroxyl groups is 1. The molecule has 10 heavy (non-hydrogen) atoms. The van der Waals surface area contributed by atoms with Gasteiger partial charge in [-0.2, -0.15) is 0 Å². The maximum atomic E-state index is 12.6. The molecule has 1 spiro atoms. The highest BCUT2D eigenvalue weighted by Gasteiger charge is 2.64. The van der Waals surface area contributed by atoms with Crippen molar-refractivity contribution in [2.75, 3.05) is 6.54 Å². The molecule has 0 aromatic heterocycles. The SMILES string of the molecule is OC1C(F)(F)CNC12CC2. The largest absolute Gasteiger partial charge is 0.385 e. The molecule has 1 saturated heterocycles. The van der Waals surface area contributed by atoms with Gasteiger partial charge in [-0.05, 0) is 12.8 Å². The lowest BCUT2D eigenvalue weighted by Gasteiger charge is -2.15. The van der Waals surface area contributed by atoms with Crippen molar-refractivity contribution < 1.29 is 13.9 Å². The summed E-state index contributed by atoms with van der Waals surface area (Å²) in [6.45, 7) is -0.367. The lowest BCUT2D eigenvalue weighted by molar-refractivity contribution is -0.0836. The van der Waals surface area contributed by atoms with Gasteiger partial charge in [0.25, 0.3) is 5.92 Å². The van der Waals surface area contributed by atoms with Crippen LogP contribution in [0, 0.1) is 0 Å². The average Bonchev–Trinajstić information content (AvgIpc) is 2.59. The quantitative estimate of drug-likeness (QED) is 0.512. The molecule has 1 atom stereocenters. The number of halogens is 2. The summed E-state index contributed by atoms with van der Waals surface area (Å²) in [6.07, 6.45) is -0.0898. The first-order valence-corrected chi connectivity index (χ1v) is 3.38. The van der Waals surface area contributed by atoms with Crippen molar-refractivity contribution in [3.05, 3.63) is 0 Å². The van der Waals surface area contributed by atoms with Crippen molar-refractivity contribution >= 4 is 0 Å². The molecule has 1 saturated carbocycles. The number of rotatable bonds is 0. The number of hydrogen-bond donors (Lipinski definition) is 2. The fourth-order valence-corrected chi connectivity index (χ4v) is 1.48. The van der Waals surface area contributed by atoms with E-state index >= 15 is 0 Å². The van der Waals surface area contributed by atoms with Crippen molar-refractivity contribution in [2.45, 2.75) is 30.4 Å². The summed E-state index contributed by atoms with van der Waals surface area (Å²) >= 11 is 0. The minimum atomic E-state index is -2.91. The Hall–Kier alpha value is -0.220. The number of alkyl halides is 2. The third kappa shape index (κ3) is 0.632. The highest BCUT2D eigenvalue weighted by molar-refractivity contribution is 5.17. The van der Waals surface area contributed by atoms with E-state index in [9.17, 15) is 8.78 Å². The smallest absolute Gasteiger partial charge is 0.287 e. The van der Waals surface area contributed by atoms with Crippen LogP contribution in [0.3, 0.4) is 0 Å². The Morgan fingerprint density at radius 2 is 2.00 bits per heavy atom. The molecule has 2 rings (SSSR count). The van der Waals surface area contributed by atoms with Crippen LogP contribution in [0.4, 0.5) is 8.78 Å². The molecule has 0 amide bonds. The topological polar surface area (TPSA) is 32.3 Å². The molecule has 58 valence electrons. The maximum Gasteiger partial charge on any atom is 0.287 e. The van der Waals surface area contributed by atoms with Crippen molar-refractivity contribution in [3.8, 4) is 0 Å². The summed E-state index contributed by atoms with van der Waals surface area (Å²) in [5.74, 6) is -2.91. The molecular weight excluding hydrogens is 140 g/mol. The van der Waals surface area contributed by atoms with Crippen molar-refractivity contribution in [3.63, 3.8) is 0 Å². The highest BCUT2D eigenvalue weighted by atomic mass is 19.3. The Morgan fingerprint density at radius 3 is 2.20 bits per heavy atom. The van der Waals surface area contributed by atoms with E-state index in [1.54, 1.807) is 0 Å². The Morgan fingerprint density at radius 1 is 1.40 bits per heavy atom. The van der Waals surface area contributed by atoms with Gasteiger partial charge in [-0.25, -0.2) is 8.78 Å². The monoisotopic (exact) mass is 149 g/mol. The van der Waals surface area contributed by atoms with Gasteiger partial charge in [-0.1, -0.05) is 0 Å². The van der Waals surface area contributed by atoms with E-state index in [1.807, 2.05) is 0 Å². The molecule has 1 aliphatic carbocycles. The maximum absolute atomic E-state index is 12.6. The van der Waals surface area contributed by atoms with Crippen LogP contribution in [-0.2, 0) is 0 Å². The summed E-state index contributed by atoms with van der Waals surface area (Å²) in [5.41, 5.74) is -0.608. The van der Waals surface area contributed by atoms with Gasteiger partial charge in [0.2, 0.25) is 0 Å². The van der Waals surface area contributed by atoms with E-state index in [2.05, 4.69) is 5.32 Å². The lowest BCUT2D eigenvalue weighted by Crippen LogP contribution is -2.38. The van der Waals surface area contributed by atoms with Crippen molar-refractivity contribution in [2.24, 2.45) is 0 Å². The van der Waals surface area contributed by atoms with Crippen LogP contribution in [-0.4, -0.2) is 29.2 Å². The second-order valence-electron chi connectivity index (χ2n) is 3.17. The zero-order chi connectivity index (χ0) is 7.41. The van der Waals surface area contributed by atoms with Crippen LogP contribution in [0.1, 0.15) is 12.8 Å². The Bertz CT molecular complexity index is 161. The molecule has 0 aromatic rings. The van der Waals surface area contributed by atoms with Gasteiger partial charge < -0.3 is 10.4 Å². The van der Waals surface area contributed by atoms with Crippen molar-refractivity contribution in [1.82, 2.24) is 5.32 Å². The van der Waals surface area contributed by atoms with Crippen LogP contribution < -0.4 is 5.32 Å². The fraction of sp³-hybridized carbons (Fsp3) is 1.00. The fourth-order valence-electron chi connectivity index (χ4n) is 1.48. The zero-order valence-electron chi connectivity index (χ0n) is 5.40. The standard InChI is InChI=1S/C6H9F2NO/c7-6(8)3-9-5(1-2-5)4(6)10/h4,9-10H,1-3H2. The van der Waals surface area contributed by atoms with Gasteiger partial charge in [0, 0.05) is 0 Å². The third-order valence-corrected chi connectivity index (χ3v) is 2.39. The first-order valence-electron chi connectivity index (χ1n) is 3.38. The summed E-state index contributed by atoms with van der Waals surface area (Å²) in [7, 11) is 0. The Labute approximate surface area is 57.2 Å². The first kappa shape index (κ1) is 6.49. The number of nitrogens with one attached hydrogen (secondary N) is 1. The van der Waals surface area contributed by atoms with E-state index in [0.29, 0.717) is 12.8 Å². The highest BCUT2D eigenvalue weighted by Crippen LogP contribution is 2.48. The van der Waals surface area contributed by atoms with Crippen LogP contribution in [0.25, 0.3) is 0 Å². The van der Waals surface area contributed by atoms with E-state index in [1.165, 1.54) is 0 Å². The molecule has 0 aromatic carbocycles. The summed E-state index contributed by atoms with van der Waals surface area (Å²) < 4.78 is 25.1. The van der Waals surface area contributed by atoms with Crippen LogP contribution in [0.2, 0.25) is 0 Å². The number of hydrogen-bond acceptors (Lipinski definition) is 2. The average molecular weight is 149 g/mol. The summed E-state index contributed by atoms with van der Waals surface area (Å²) in [5, 5.41) is 11.7. The minimum absolute atomic E-state index is 0.367. The van der Waals surface area contributed by atoms with Crippen LogP contribution in [0.15, 0.2) is 0 Å². The third-order valence-electron chi connectivity index (χ3n) is 2.39. The van der Waals surface area contributed by atoms with E-state index in [4.69, 9.17) is 5.11 Å². The minimum Gasteiger partial charge on any atom is -0.385 e. The molecule has 0 bridgehead atoms. The molecule has 1 unspecified atom stereocenters. The molecule has 4 heteroatoms. The van der Waals surface area contributed by atoms with Gasteiger partial charge in [0.15, 0.2) is 0 Å². The van der Waals surface area contributed by atoms with Crippen molar-refractivity contribution in [1.29, 1.82) is 0 Å². The molecule has 0 radical (unpaired) electrons. The lowest BCUT2D eigenvalue weighted by atomic mass is 10.1. The summed E-state index contributed by atoms with van der Waals surface area (Å²) in [4.78, 5) is 0. The van der Waals surface area contributed by atoms with E-state index in [-0.39, 0.29) is 6.54 Å². The zero-order valence-corrected chi connectivity index (χ0v) is 5.40. The molecule has 1 heterocycles. The molecular formula is C6H9F2NO. The Balaban J connectivity index is 2.20. The molecule has 2 fully saturated rings. The molecule has 2 aliphatic rings. The Kier molecular flexibility index (Phi) is 0.978. The second-order valence-corrected chi connectivity index (χ2v) is 3.17. The van der Waals surface area contributed by atoms with Gasteiger partial charge >= 0.3 is 0 Å². The molecule has 1 aliphatic heterocycles. The van der Waals surface area contributed by atoms with E-state index in [0.717, 1.165) is 0 Å². The van der Waals surface area contributed by atoms with Gasteiger partial charge in [0.1, 0.15) is 6.10 Å². The second kappa shape index (κ2) is 1.51. The molecule has 2 nitrogen and oxygen atoms in total. The summed E-state index contributed by atoms with van der Waals surface area (Å²) in [6, 6.07) is 0. The predicted octanol–water partition coefficient (Wildman–Crippen LogP) is 0.118.